The molecule has 10 nitrogen and oxygen atoms in total. The van der Waals surface area contributed by atoms with Gasteiger partial charge >= 0.3 is 12.1 Å². The van der Waals surface area contributed by atoms with Gasteiger partial charge in [0.05, 0.1) is 25.2 Å². The molecule has 0 bridgehead atoms. The van der Waals surface area contributed by atoms with E-state index in [-0.39, 0.29) is 26.4 Å². The maximum absolute atomic E-state index is 12.4. The second-order valence-electron chi connectivity index (χ2n) is 7.09. The SMILES string of the molecule is CC(C)(C)OC(=O)NC(CCc1ccccc1)C(=O)OCCOCCON(O)O. The molecule has 0 aromatic heterocycles. The maximum Gasteiger partial charge on any atom is 0.408 e. The quantitative estimate of drug-likeness (QED) is 0.268. The number of nitrogens with one attached hydrogen (secondary N) is 1. The number of aryl methyl sites for hydroxylation is 1. The molecule has 1 amide bonds. The van der Waals surface area contributed by atoms with Crippen molar-refractivity contribution in [3.8, 4) is 0 Å². The highest BCUT2D eigenvalue weighted by molar-refractivity contribution is 5.81. The van der Waals surface area contributed by atoms with Crippen LogP contribution in [0.3, 0.4) is 0 Å². The van der Waals surface area contributed by atoms with Gasteiger partial charge in [-0.15, -0.1) is 0 Å². The third-order valence-corrected chi connectivity index (χ3v) is 3.45. The van der Waals surface area contributed by atoms with Crippen molar-refractivity contribution in [1.82, 2.24) is 10.7 Å². The summed E-state index contributed by atoms with van der Waals surface area (Å²) in [6.45, 7) is 5.25. The molecule has 0 radical (unpaired) electrons. The zero-order chi connectivity index (χ0) is 21.7. The standard InChI is InChI=1S/C19H30N2O8/c1-19(2,3)29-18(23)20-16(10-9-15-7-5-4-6-8-15)17(22)27-13-11-26-12-14-28-21(24)25/h4-8,16,24-25H,9-14H2,1-3H3,(H,20,23). The van der Waals surface area contributed by atoms with E-state index in [0.29, 0.717) is 12.8 Å². The molecule has 1 aromatic rings. The predicted molar refractivity (Wildman–Crippen MR) is 101 cm³/mol. The van der Waals surface area contributed by atoms with Gasteiger partial charge in [0, 0.05) is 0 Å². The highest BCUT2D eigenvalue weighted by Gasteiger charge is 2.25. The van der Waals surface area contributed by atoms with Gasteiger partial charge < -0.3 is 19.5 Å². The minimum atomic E-state index is -0.870. The summed E-state index contributed by atoms with van der Waals surface area (Å²) >= 11 is 0. The lowest BCUT2D eigenvalue weighted by Crippen LogP contribution is -2.44. The van der Waals surface area contributed by atoms with Crippen molar-refractivity contribution in [2.24, 2.45) is 0 Å². The number of ether oxygens (including phenoxy) is 3. The summed E-state index contributed by atoms with van der Waals surface area (Å²) in [6.07, 6.45) is 0.223. The van der Waals surface area contributed by atoms with E-state index in [1.807, 2.05) is 30.3 Å². The highest BCUT2D eigenvalue weighted by Crippen LogP contribution is 2.10. The first-order valence-electron chi connectivity index (χ1n) is 9.26. The van der Waals surface area contributed by atoms with Gasteiger partial charge in [0.2, 0.25) is 0 Å². The summed E-state index contributed by atoms with van der Waals surface area (Å²) in [5.41, 5.74) is 0.341. The van der Waals surface area contributed by atoms with Crippen LogP contribution in [0.2, 0.25) is 0 Å². The normalized spacial score (nSPS) is 12.5. The van der Waals surface area contributed by atoms with Crippen molar-refractivity contribution < 1.29 is 39.1 Å². The van der Waals surface area contributed by atoms with Crippen LogP contribution < -0.4 is 5.32 Å². The number of hydrogen-bond acceptors (Lipinski definition) is 9. The lowest BCUT2D eigenvalue weighted by molar-refractivity contribution is -0.493. The van der Waals surface area contributed by atoms with Gasteiger partial charge in [0.25, 0.3) is 0 Å². The van der Waals surface area contributed by atoms with Crippen molar-refractivity contribution in [3.63, 3.8) is 0 Å². The zero-order valence-corrected chi connectivity index (χ0v) is 17.0. The fraction of sp³-hybridized carbons (Fsp3) is 0.579. The van der Waals surface area contributed by atoms with Crippen molar-refractivity contribution in [1.29, 1.82) is 0 Å². The van der Waals surface area contributed by atoms with Gasteiger partial charge in [0.1, 0.15) is 18.2 Å². The molecule has 0 saturated heterocycles. The van der Waals surface area contributed by atoms with Gasteiger partial charge in [-0.1, -0.05) is 30.3 Å². The smallest absolute Gasteiger partial charge is 0.408 e. The first-order valence-corrected chi connectivity index (χ1v) is 9.26. The number of benzene rings is 1. The molecule has 0 fully saturated rings. The molecule has 164 valence electrons. The maximum atomic E-state index is 12.4. The molecule has 10 heteroatoms. The number of amides is 1. The van der Waals surface area contributed by atoms with Crippen molar-refractivity contribution in [2.45, 2.75) is 45.3 Å². The largest absolute Gasteiger partial charge is 0.462 e. The van der Waals surface area contributed by atoms with Crippen LogP contribution in [0.1, 0.15) is 32.8 Å². The van der Waals surface area contributed by atoms with Crippen LogP contribution >= 0.6 is 0 Å². The van der Waals surface area contributed by atoms with Crippen LogP contribution in [0.15, 0.2) is 30.3 Å². The fourth-order valence-corrected chi connectivity index (χ4v) is 2.24. The number of carbonyl (C=O) groups excluding carboxylic acids is 2. The molecule has 0 saturated carbocycles. The van der Waals surface area contributed by atoms with E-state index < -0.39 is 29.1 Å². The molecule has 1 rings (SSSR count). The van der Waals surface area contributed by atoms with Crippen LogP contribution in [0, 0.1) is 0 Å². The predicted octanol–water partition coefficient (Wildman–Crippen LogP) is 2.08. The van der Waals surface area contributed by atoms with E-state index in [1.54, 1.807) is 20.8 Å². The Morgan fingerprint density at radius 2 is 1.72 bits per heavy atom. The number of alkyl carbamates (subject to hydrolysis) is 1. The molecule has 0 aliphatic carbocycles. The number of rotatable bonds is 12. The Morgan fingerprint density at radius 3 is 2.34 bits per heavy atom. The number of carbonyl (C=O) groups is 2. The minimum Gasteiger partial charge on any atom is -0.462 e. The molecular weight excluding hydrogens is 384 g/mol. The van der Waals surface area contributed by atoms with Crippen LogP contribution in [0.5, 0.6) is 0 Å². The molecule has 29 heavy (non-hydrogen) atoms. The first kappa shape index (κ1) is 24.8. The average Bonchev–Trinajstić information content (AvgIpc) is 2.63. The summed E-state index contributed by atoms with van der Waals surface area (Å²) in [7, 11) is 0. The van der Waals surface area contributed by atoms with Gasteiger partial charge in [-0.2, -0.15) is 0 Å². The van der Waals surface area contributed by atoms with E-state index in [0.717, 1.165) is 5.56 Å². The Hall–Kier alpha value is -2.24. The summed E-state index contributed by atoms with van der Waals surface area (Å²) < 4.78 is 15.5. The molecule has 0 aliphatic rings. The van der Waals surface area contributed by atoms with Crippen molar-refractivity contribution >= 4 is 12.1 Å². The molecule has 0 heterocycles. The molecule has 0 aliphatic heterocycles. The number of esters is 1. The lowest BCUT2D eigenvalue weighted by atomic mass is 10.1. The number of hydrogen-bond donors (Lipinski definition) is 3. The molecular formula is C19H30N2O8. The Balaban J connectivity index is 2.48. The van der Waals surface area contributed by atoms with E-state index in [4.69, 9.17) is 24.6 Å². The van der Waals surface area contributed by atoms with E-state index in [1.165, 1.54) is 0 Å². The topological polar surface area (TPSA) is 127 Å². The summed E-state index contributed by atoms with van der Waals surface area (Å²) in [5, 5.41) is 18.9. The van der Waals surface area contributed by atoms with Gasteiger partial charge in [0.15, 0.2) is 0 Å². The number of nitrogens with zero attached hydrogens (tertiary/aromatic N) is 1. The van der Waals surface area contributed by atoms with E-state index in [2.05, 4.69) is 10.2 Å². The summed E-state index contributed by atoms with van der Waals surface area (Å²) in [6, 6.07) is 8.70. The van der Waals surface area contributed by atoms with Crippen LogP contribution in [-0.2, 0) is 30.3 Å². The Bertz CT molecular complexity index is 604. The highest BCUT2D eigenvalue weighted by atomic mass is 17.1. The zero-order valence-electron chi connectivity index (χ0n) is 17.0. The van der Waals surface area contributed by atoms with Gasteiger partial charge in [-0.3, -0.25) is 10.4 Å². The second kappa shape index (κ2) is 13.1. The van der Waals surface area contributed by atoms with Crippen molar-refractivity contribution in [2.75, 3.05) is 26.4 Å². The second-order valence-corrected chi connectivity index (χ2v) is 7.09. The Kier molecular flexibility index (Phi) is 11.2. The lowest BCUT2D eigenvalue weighted by Gasteiger charge is -2.23. The Labute approximate surface area is 170 Å². The molecule has 1 atom stereocenters. The molecule has 3 N–H and O–H groups in total. The summed E-state index contributed by atoms with van der Waals surface area (Å²) in [5.74, 6) is -0.594. The van der Waals surface area contributed by atoms with E-state index >= 15 is 0 Å². The fourth-order valence-electron chi connectivity index (χ4n) is 2.24. The third kappa shape index (κ3) is 12.8. The third-order valence-electron chi connectivity index (χ3n) is 3.45. The summed E-state index contributed by atoms with van der Waals surface area (Å²) in [4.78, 5) is 28.8. The van der Waals surface area contributed by atoms with Crippen molar-refractivity contribution in [3.05, 3.63) is 35.9 Å². The first-order chi connectivity index (χ1) is 13.7. The van der Waals surface area contributed by atoms with Crippen LogP contribution in [-0.4, -0.2) is 65.9 Å². The van der Waals surface area contributed by atoms with Crippen LogP contribution in [0.4, 0.5) is 4.79 Å². The van der Waals surface area contributed by atoms with Gasteiger partial charge in [-0.25, -0.2) is 14.4 Å². The molecule has 0 spiro atoms. The van der Waals surface area contributed by atoms with Crippen LogP contribution in [0.25, 0.3) is 0 Å². The Morgan fingerprint density at radius 1 is 1.07 bits per heavy atom. The minimum absolute atomic E-state index is 0.0291. The van der Waals surface area contributed by atoms with Gasteiger partial charge in [-0.05, 0) is 39.2 Å². The molecule has 1 aromatic carbocycles. The molecule has 1 unspecified atom stereocenters. The van der Waals surface area contributed by atoms with E-state index in [9.17, 15) is 9.59 Å². The average molecular weight is 414 g/mol. The monoisotopic (exact) mass is 414 g/mol.